The number of primary amides is 1. The van der Waals surface area contributed by atoms with Crippen LogP contribution in [0.3, 0.4) is 0 Å². The minimum Gasteiger partial charge on any atom is -0.370 e. The summed E-state index contributed by atoms with van der Waals surface area (Å²) in [6.07, 6.45) is 1.46. The van der Waals surface area contributed by atoms with E-state index in [1.165, 1.54) is 6.07 Å². The molecular weight excluding hydrogens is 407 g/mol. The average molecular weight is 429 g/mol. The molecule has 8 heteroatoms. The van der Waals surface area contributed by atoms with E-state index in [1.54, 1.807) is 53.3 Å². The molecule has 0 radical (unpaired) electrons. The fraction of sp³-hybridized carbons (Fsp3) is 0.227. The molecule has 0 bridgehead atoms. The standard InChI is InChI=1S/C22H22ClFN4O2/c1-13(2)28-12-17(21(27-28)16-8-3-4-9-18(16)24)22(30)26-19(11-20(25)29)14-6-5-7-15(23)10-14/h3-10,12-13,19H,11H2,1-2H3,(H2,25,29)(H,26,30)/t19-/m0/s1. The van der Waals surface area contributed by atoms with E-state index >= 15 is 0 Å². The summed E-state index contributed by atoms with van der Waals surface area (Å²) in [5.74, 6) is -1.55. The van der Waals surface area contributed by atoms with Gasteiger partial charge in [-0.15, -0.1) is 0 Å². The lowest BCUT2D eigenvalue weighted by atomic mass is 10.0. The molecule has 0 unspecified atom stereocenters. The molecule has 0 aliphatic heterocycles. The van der Waals surface area contributed by atoms with Crippen LogP contribution in [-0.4, -0.2) is 21.6 Å². The predicted octanol–water partition coefficient (Wildman–Crippen LogP) is 4.27. The van der Waals surface area contributed by atoms with Gasteiger partial charge in [-0.1, -0.05) is 35.9 Å². The SMILES string of the molecule is CC(C)n1cc(C(=O)N[C@@H](CC(N)=O)c2cccc(Cl)c2)c(-c2ccccc2F)n1. The number of nitrogens with one attached hydrogen (secondary N) is 1. The second kappa shape index (κ2) is 9.09. The van der Waals surface area contributed by atoms with Crippen molar-refractivity contribution in [1.82, 2.24) is 15.1 Å². The summed E-state index contributed by atoms with van der Waals surface area (Å²) >= 11 is 6.06. The van der Waals surface area contributed by atoms with Crippen molar-refractivity contribution >= 4 is 23.4 Å². The van der Waals surface area contributed by atoms with Gasteiger partial charge < -0.3 is 11.1 Å². The molecule has 6 nitrogen and oxygen atoms in total. The van der Waals surface area contributed by atoms with Crippen LogP contribution in [0.5, 0.6) is 0 Å². The first-order valence-corrected chi connectivity index (χ1v) is 9.82. The molecule has 3 rings (SSSR count). The Kier molecular flexibility index (Phi) is 6.52. The second-order valence-electron chi connectivity index (χ2n) is 7.20. The fourth-order valence-corrected chi connectivity index (χ4v) is 3.29. The lowest BCUT2D eigenvalue weighted by Crippen LogP contribution is -2.32. The van der Waals surface area contributed by atoms with Crippen LogP contribution in [0.2, 0.25) is 5.02 Å². The Labute approximate surface area is 178 Å². The smallest absolute Gasteiger partial charge is 0.255 e. The highest BCUT2D eigenvalue weighted by atomic mass is 35.5. The van der Waals surface area contributed by atoms with E-state index in [0.29, 0.717) is 10.6 Å². The maximum absolute atomic E-state index is 14.4. The maximum atomic E-state index is 14.4. The topological polar surface area (TPSA) is 90.0 Å². The van der Waals surface area contributed by atoms with Crippen molar-refractivity contribution in [3.63, 3.8) is 0 Å². The van der Waals surface area contributed by atoms with Crippen LogP contribution in [0.1, 0.15) is 48.3 Å². The number of halogens is 2. The zero-order valence-electron chi connectivity index (χ0n) is 16.6. The lowest BCUT2D eigenvalue weighted by Gasteiger charge is -2.18. The van der Waals surface area contributed by atoms with Crippen LogP contribution in [0, 0.1) is 5.82 Å². The summed E-state index contributed by atoms with van der Waals surface area (Å²) in [5.41, 5.74) is 6.66. The molecule has 0 saturated carbocycles. The van der Waals surface area contributed by atoms with Crippen LogP contribution >= 0.6 is 11.6 Å². The molecule has 3 N–H and O–H groups in total. The number of hydrogen-bond acceptors (Lipinski definition) is 3. The third kappa shape index (κ3) is 4.86. The Morgan fingerprint density at radius 2 is 1.93 bits per heavy atom. The summed E-state index contributed by atoms with van der Waals surface area (Å²) in [7, 11) is 0. The normalized spacial score (nSPS) is 12.0. The summed E-state index contributed by atoms with van der Waals surface area (Å²) in [4.78, 5) is 24.7. The van der Waals surface area contributed by atoms with Gasteiger partial charge in [-0.3, -0.25) is 14.3 Å². The van der Waals surface area contributed by atoms with Gasteiger partial charge in [-0.2, -0.15) is 5.10 Å². The lowest BCUT2D eigenvalue weighted by molar-refractivity contribution is -0.118. The van der Waals surface area contributed by atoms with Crippen molar-refractivity contribution in [3.8, 4) is 11.3 Å². The molecule has 3 aromatic rings. The molecule has 1 heterocycles. The van der Waals surface area contributed by atoms with Crippen molar-refractivity contribution < 1.29 is 14.0 Å². The number of nitrogens with zero attached hydrogens (tertiary/aromatic N) is 2. The van der Waals surface area contributed by atoms with E-state index in [1.807, 2.05) is 13.8 Å². The predicted molar refractivity (Wildman–Crippen MR) is 113 cm³/mol. The van der Waals surface area contributed by atoms with Crippen LogP contribution in [-0.2, 0) is 4.79 Å². The molecule has 2 amide bonds. The molecule has 2 aromatic carbocycles. The first-order valence-electron chi connectivity index (χ1n) is 9.45. The number of amides is 2. The maximum Gasteiger partial charge on any atom is 0.255 e. The Balaban J connectivity index is 2.00. The summed E-state index contributed by atoms with van der Waals surface area (Å²) in [6.45, 7) is 3.81. The quantitative estimate of drug-likeness (QED) is 0.588. The van der Waals surface area contributed by atoms with Crippen LogP contribution in [0.25, 0.3) is 11.3 Å². The van der Waals surface area contributed by atoms with E-state index in [9.17, 15) is 14.0 Å². The molecule has 1 atom stereocenters. The zero-order chi connectivity index (χ0) is 21.8. The van der Waals surface area contributed by atoms with Gasteiger partial charge in [0.1, 0.15) is 11.5 Å². The van der Waals surface area contributed by atoms with E-state index in [0.717, 1.165) is 0 Å². The number of benzene rings is 2. The van der Waals surface area contributed by atoms with Gasteiger partial charge in [-0.25, -0.2) is 4.39 Å². The molecule has 156 valence electrons. The number of hydrogen-bond donors (Lipinski definition) is 2. The summed E-state index contributed by atoms with van der Waals surface area (Å²) in [6, 6.07) is 12.2. The van der Waals surface area contributed by atoms with E-state index in [-0.39, 0.29) is 29.3 Å². The van der Waals surface area contributed by atoms with E-state index in [2.05, 4.69) is 10.4 Å². The molecule has 0 spiro atoms. The Morgan fingerprint density at radius 3 is 2.57 bits per heavy atom. The highest BCUT2D eigenvalue weighted by Gasteiger charge is 2.24. The van der Waals surface area contributed by atoms with Gasteiger partial charge in [0, 0.05) is 22.8 Å². The van der Waals surface area contributed by atoms with E-state index in [4.69, 9.17) is 17.3 Å². The molecule has 0 aliphatic rings. The number of carbonyl (C=O) groups is 2. The molecular formula is C22H22ClFN4O2. The minimum absolute atomic E-state index is 0.0357. The van der Waals surface area contributed by atoms with Crippen molar-refractivity contribution in [2.24, 2.45) is 5.73 Å². The molecule has 30 heavy (non-hydrogen) atoms. The second-order valence-corrected chi connectivity index (χ2v) is 7.63. The first kappa shape index (κ1) is 21.5. The van der Waals surface area contributed by atoms with Gasteiger partial charge in [0.15, 0.2) is 0 Å². The minimum atomic E-state index is -0.690. The van der Waals surface area contributed by atoms with Crippen molar-refractivity contribution in [1.29, 1.82) is 0 Å². The fourth-order valence-electron chi connectivity index (χ4n) is 3.09. The third-order valence-electron chi connectivity index (χ3n) is 4.60. The Morgan fingerprint density at radius 1 is 1.20 bits per heavy atom. The largest absolute Gasteiger partial charge is 0.370 e. The van der Waals surface area contributed by atoms with Crippen LogP contribution in [0.4, 0.5) is 4.39 Å². The van der Waals surface area contributed by atoms with Crippen molar-refractivity contribution in [2.75, 3.05) is 0 Å². The molecule has 0 fully saturated rings. The highest BCUT2D eigenvalue weighted by molar-refractivity contribution is 6.30. The zero-order valence-corrected chi connectivity index (χ0v) is 17.4. The van der Waals surface area contributed by atoms with Crippen molar-refractivity contribution in [3.05, 3.63) is 76.7 Å². The monoisotopic (exact) mass is 428 g/mol. The van der Waals surface area contributed by atoms with Gasteiger partial charge in [0.25, 0.3) is 5.91 Å². The Bertz CT molecular complexity index is 1080. The number of carbonyl (C=O) groups excluding carboxylic acids is 2. The Hall–Kier alpha value is -3.19. The highest BCUT2D eigenvalue weighted by Crippen LogP contribution is 2.27. The number of nitrogens with two attached hydrogens (primary N) is 1. The van der Waals surface area contributed by atoms with Gasteiger partial charge in [-0.05, 0) is 43.7 Å². The molecule has 1 aromatic heterocycles. The number of rotatable bonds is 7. The van der Waals surface area contributed by atoms with Gasteiger partial charge in [0.05, 0.1) is 18.0 Å². The summed E-state index contributed by atoms with van der Waals surface area (Å²) in [5, 5.41) is 7.70. The average Bonchev–Trinajstić information content (AvgIpc) is 3.13. The van der Waals surface area contributed by atoms with Gasteiger partial charge >= 0.3 is 0 Å². The number of aromatic nitrogens is 2. The van der Waals surface area contributed by atoms with Crippen LogP contribution < -0.4 is 11.1 Å². The first-order chi connectivity index (χ1) is 14.3. The van der Waals surface area contributed by atoms with Crippen molar-refractivity contribution in [2.45, 2.75) is 32.4 Å². The van der Waals surface area contributed by atoms with Gasteiger partial charge in [0.2, 0.25) is 5.91 Å². The third-order valence-corrected chi connectivity index (χ3v) is 4.83. The van der Waals surface area contributed by atoms with E-state index < -0.39 is 23.7 Å². The molecule has 0 aliphatic carbocycles. The van der Waals surface area contributed by atoms with Crippen LogP contribution in [0.15, 0.2) is 54.7 Å². The molecule has 0 saturated heterocycles. The summed E-state index contributed by atoms with van der Waals surface area (Å²) < 4.78 is 16.0.